The van der Waals surface area contributed by atoms with Crippen molar-refractivity contribution >= 4 is 33.3 Å². The van der Waals surface area contributed by atoms with Gasteiger partial charge in [0.1, 0.15) is 0 Å². The molecule has 4 N–H and O–H groups in total. The molecule has 0 saturated carbocycles. The van der Waals surface area contributed by atoms with Gasteiger partial charge in [-0.2, -0.15) is 0 Å². The SMILES string of the molecule is CCSc1cc2ncc(C)cc2s1.O.O. The molecule has 2 rings (SSSR count). The van der Waals surface area contributed by atoms with Crippen molar-refractivity contribution in [1.82, 2.24) is 4.98 Å². The maximum Gasteiger partial charge on any atom is 0.0821 e. The fraction of sp³-hybridized carbons (Fsp3) is 0.300. The van der Waals surface area contributed by atoms with Gasteiger partial charge in [0.05, 0.1) is 14.4 Å². The van der Waals surface area contributed by atoms with Crippen LogP contribution in [0.2, 0.25) is 0 Å². The Morgan fingerprint density at radius 1 is 1.33 bits per heavy atom. The van der Waals surface area contributed by atoms with Gasteiger partial charge in [-0.15, -0.1) is 23.1 Å². The third-order valence-electron chi connectivity index (χ3n) is 1.77. The van der Waals surface area contributed by atoms with Crippen LogP contribution in [-0.4, -0.2) is 21.7 Å². The normalized spacial score (nSPS) is 9.47. The first-order valence-corrected chi connectivity index (χ1v) is 6.09. The molecule has 0 saturated heterocycles. The fourth-order valence-corrected chi connectivity index (χ4v) is 3.39. The molecule has 2 aromatic rings. The van der Waals surface area contributed by atoms with Crippen molar-refractivity contribution in [2.75, 3.05) is 5.75 Å². The van der Waals surface area contributed by atoms with Crippen LogP contribution in [0.15, 0.2) is 22.5 Å². The molecule has 0 radical (unpaired) electrons. The van der Waals surface area contributed by atoms with Crippen molar-refractivity contribution in [3.63, 3.8) is 0 Å². The number of fused-ring (bicyclic) bond motifs is 1. The predicted octanol–water partition coefficient (Wildman–Crippen LogP) is 2.07. The number of nitrogens with zero attached hydrogens (tertiary/aromatic N) is 1. The number of rotatable bonds is 2. The lowest BCUT2D eigenvalue weighted by atomic mass is 10.3. The maximum absolute atomic E-state index is 4.38. The van der Waals surface area contributed by atoms with E-state index in [1.807, 2.05) is 29.3 Å². The van der Waals surface area contributed by atoms with E-state index in [1.165, 1.54) is 14.5 Å². The van der Waals surface area contributed by atoms with E-state index in [-0.39, 0.29) is 11.0 Å². The largest absolute Gasteiger partial charge is 0.412 e. The Morgan fingerprint density at radius 3 is 2.73 bits per heavy atom. The van der Waals surface area contributed by atoms with E-state index in [0.29, 0.717) is 0 Å². The van der Waals surface area contributed by atoms with E-state index in [1.54, 1.807) is 0 Å². The Balaban J connectivity index is 0.000000980. The summed E-state index contributed by atoms with van der Waals surface area (Å²) in [5.74, 6) is 1.13. The highest BCUT2D eigenvalue weighted by molar-refractivity contribution is 8.01. The molecule has 0 unspecified atom stereocenters. The monoisotopic (exact) mass is 245 g/mol. The summed E-state index contributed by atoms with van der Waals surface area (Å²) in [6, 6.07) is 4.38. The fourth-order valence-electron chi connectivity index (χ4n) is 1.21. The summed E-state index contributed by atoms with van der Waals surface area (Å²) in [7, 11) is 0. The summed E-state index contributed by atoms with van der Waals surface area (Å²) < 4.78 is 2.67. The molecule has 5 heteroatoms. The molecule has 0 spiro atoms. The molecule has 84 valence electrons. The topological polar surface area (TPSA) is 75.9 Å². The van der Waals surface area contributed by atoms with Crippen molar-refractivity contribution < 1.29 is 11.0 Å². The molecule has 0 aliphatic rings. The molecule has 0 amide bonds. The van der Waals surface area contributed by atoms with Crippen LogP contribution in [0.5, 0.6) is 0 Å². The first-order chi connectivity index (χ1) is 6.29. The molecule has 0 aliphatic heterocycles. The zero-order chi connectivity index (χ0) is 9.26. The molecular weight excluding hydrogens is 230 g/mol. The van der Waals surface area contributed by atoms with Gasteiger partial charge < -0.3 is 11.0 Å². The van der Waals surface area contributed by atoms with Crippen molar-refractivity contribution in [3.05, 3.63) is 23.9 Å². The van der Waals surface area contributed by atoms with E-state index in [9.17, 15) is 0 Å². The lowest BCUT2D eigenvalue weighted by molar-refractivity contribution is 0.823. The van der Waals surface area contributed by atoms with Crippen LogP contribution in [0.4, 0.5) is 0 Å². The summed E-state index contributed by atoms with van der Waals surface area (Å²) in [6.45, 7) is 4.26. The van der Waals surface area contributed by atoms with Crippen LogP contribution in [0.3, 0.4) is 0 Å². The number of thiophene rings is 1. The predicted molar refractivity (Wildman–Crippen MR) is 68.0 cm³/mol. The number of hydrogen-bond donors (Lipinski definition) is 0. The lowest BCUT2D eigenvalue weighted by Gasteiger charge is -1.89. The second-order valence-corrected chi connectivity index (χ2v) is 5.54. The van der Waals surface area contributed by atoms with Crippen LogP contribution in [0, 0.1) is 6.92 Å². The summed E-state index contributed by atoms with van der Waals surface area (Å²) in [6.07, 6.45) is 1.93. The highest BCUT2D eigenvalue weighted by atomic mass is 32.2. The molecule has 0 atom stereocenters. The van der Waals surface area contributed by atoms with E-state index < -0.39 is 0 Å². The summed E-state index contributed by atoms with van der Waals surface area (Å²) in [5.41, 5.74) is 2.37. The second kappa shape index (κ2) is 6.07. The zero-order valence-corrected chi connectivity index (χ0v) is 10.3. The Bertz CT molecular complexity index is 428. The van der Waals surface area contributed by atoms with Gasteiger partial charge in [0.15, 0.2) is 0 Å². The van der Waals surface area contributed by atoms with Crippen LogP contribution in [0.1, 0.15) is 12.5 Å². The number of thioether (sulfide) groups is 1. The van der Waals surface area contributed by atoms with Crippen molar-refractivity contribution in [1.29, 1.82) is 0 Å². The molecular formula is C10H15NO2S2. The maximum atomic E-state index is 4.38. The van der Waals surface area contributed by atoms with Crippen LogP contribution < -0.4 is 0 Å². The Morgan fingerprint density at radius 2 is 2.07 bits per heavy atom. The summed E-state index contributed by atoms with van der Waals surface area (Å²) in [5, 5.41) is 0. The number of hydrogen-bond acceptors (Lipinski definition) is 3. The van der Waals surface area contributed by atoms with Crippen LogP contribution in [0.25, 0.3) is 10.2 Å². The third-order valence-corrected chi connectivity index (χ3v) is 3.93. The number of aryl methyl sites for hydroxylation is 1. The van der Waals surface area contributed by atoms with Gasteiger partial charge in [0, 0.05) is 6.20 Å². The minimum absolute atomic E-state index is 0. The minimum atomic E-state index is 0. The smallest absolute Gasteiger partial charge is 0.0821 e. The molecule has 15 heavy (non-hydrogen) atoms. The molecule has 2 aromatic heterocycles. The molecule has 0 aromatic carbocycles. The van der Waals surface area contributed by atoms with Gasteiger partial charge in [0.2, 0.25) is 0 Å². The standard InChI is InChI=1S/C10H11NS2.2H2O/c1-3-12-10-5-8-9(13-10)4-7(2)6-11-8;;/h4-6H,3H2,1-2H3;2*1H2. The molecule has 0 fully saturated rings. The van der Waals surface area contributed by atoms with Gasteiger partial charge in [-0.1, -0.05) is 6.92 Å². The van der Waals surface area contributed by atoms with Crippen LogP contribution in [-0.2, 0) is 0 Å². The lowest BCUT2D eigenvalue weighted by Crippen LogP contribution is -1.73. The van der Waals surface area contributed by atoms with Gasteiger partial charge in [-0.3, -0.25) is 4.98 Å². The van der Waals surface area contributed by atoms with E-state index in [2.05, 4.69) is 31.0 Å². The average molecular weight is 245 g/mol. The highest BCUT2D eigenvalue weighted by Gasteiger charge is 2.02. The minimum Gasteiger partial charge on any atom is -0.412 e. The number of aromatic nitrogens is 1. The van der Waals surface area contributed by atoms with Crippen molar-refractivity contribution in [3.8, 4) is 0 Å². The first-order valence-electron chi connectivity index (χ1n) is 4.28. The molecule has 2 heterocycles. The Labute approximate surface area is 97.2 Å². The Hall–Kier alpha value is -0.620. The second-order valence-electron chi connectivity index (χ2n) is 2.89. The molecule has 0 bridgehead atoms. The number of pyridine rings is 1. The average Bonchev–Trinajstić information content (AvgIpc) is 2.46. The van der Waals surface area contributed by atoms with E-state index in [4.69, 9.17) is 0 Å². The highest BCUT2D eigenvalue weighted by Crippen LogP contribution is 2.31. The van der Waals surface area contributed by atoms with E-state index >= 15 is 0 Å². The van der Waals surface area contributed by atoms with E-state index in [0.717, 1.165) is 11.3 Å². The third kappa shape index (κ3) is 3.17. The van der Waals surface area contributed by atoms with Crippen LogP contribution >= 0.6 is 23.1 Å². The van der Waals surface area contributed by atoms with Crippen molar-refractivity contribution in [2.24, 2.45) is 0 Å². The molecule has 3 nitrogen and oxygen atoms in total. The zero-order valence-electron chi connectivity index (χ0n) is 8.70. The summed E-state index contributed by atoms with van der Waals surface area (Å²) >= 11 is 3.72. The van der Waals surface area contributed by atoms with Gasteiger partial charge >= 0.3 is 0 Å². The van der Waals surface area contributed by atoms with Gasteiger partial charge in [-0.25, -0.2) is 0 Å². The molecule has 0 aliphatic carbocycles. The van der Waals surface area contributed by atoms with Gasteiger partial charge in [-0.05, 0) is 30.4 Å². The summed E-state index contributed by atoms with van der Waals surface area (Å²) in [4.78, 5) is 4.38. The van der Waals surface area contributed by atoms with Crippen molar-refractivity contribution in [2.45, 2.75) is 18.1 Å². The Kier molecular flexibility index (Phi) is 5.82. The van der Waals surface area contributed by atoms with Gasteiger partial charge in [0.25, 0.3) is 0 Å². The quantitative estimate of drug-likeness (QED) is 0.759. The first kappa shape index (κ1) is 14.4.